The number of nitrogens with one attached hydrogen (secondary N) is 1. The molecule has 122 valence electrons. The van der Waals surface area contributed by atoms with Crippen LogP contribution in [0.3, 0.4) is 0 Å². The van der Waals surface area contributed by atoms with Gasteiger partial charge in [0.05, 0.1) is 0 Å². The van der Waals surface area contributed by atoms with Crippen LogP contribution in [0.2, 0.25) is 0 Å². The summed E-state index contributed by atoms with van der Waals surface area (Å²) in [4.78, 5) is 3.30. The van der Waals surface area contributed by atoms with Gasteiger partial charge < -0.3 is 22.0 Å². The van der Waals surface area contributed by atoms with E-state index in [1.54, 1.807) is 0 Å². The van der Waals surface area contributed by atoms with Crippen molar-refractivity contribution in [2.45, 2.75) is 6.54 Å². The molecule has 2 aromatic heterocycles. The van der Waals surface area contributed by atoms with Crippen LogP contribution < -0.4 is 21.5 Å². The summed E-state index contributed by atoms with van der Waals surface area (Å²) in [5, 5.41) is 2.41. The predicted molar refractivity (Wildman–Crippen MR) is 100 cm³/mol. The Balaban J connectivity index is 0.00000182. The standard InChI is InChI=1S/C22H16N2.BrH/c1-2-15-24-19(13-11-17-7-3-6-10-22(17)24)14-12-18-16-23-21-9-5-4-8-20(18)21;/h1,3-14,16H,15H2;1H. The van der Waals surface area contributed by atoms with E-state index in [1.807, 2.05) is 24.4 Å². The number of terminal acetylenes is 1. The van der Waals surface area contributed by atoms with E-state index < -0.39 is 0 Å². The molecule has 0 bridgehead atoms. The highest BCUT2D eigenvalue weighted by atomic mass is 79.9. The molecule has 0 aliphatic carbocycles. The first kappa shape index (κ1) is 17.0. The van der Waals surface area contributed by atoms with Gasteiger partial charge in [-0.25, -0.2) is 0 Å². The molecule has 1 N–H and O–H groups in total. The van der Waals surface area contributed by atoms with Crippen molar-refractivity contribution in [2.75, 3.05) is 0 Å². The first-order valence-electron chi connectivity index (χ1n) is 7.96. The fraction of sp³-hybridized carbons (Fsp3) is 0.0455. The van der Waals surface area contributed by atoms with Gasteiger partial charge in [-0.1, -0.05) is 30.3 Å². The van der Waals surface area contributed by atoms with E-state index in [2.05, 4.69) is 70.1 Å². The minimum Gasteiger partial charge on any atom is -1.00 e. The zero-order valence-corrected chi connectivity index (χ0v) is 15.2. The van der Waals surface area contributed by atoms with E-state index in [4.69, 9.17) is 6.42 Å². The van der Waals surface area contributed by atoms with Crippen molar-refractivity contribution in [1.29, 1.82) is 0 Å². The molecule has 0 fully saturated rings. The molecular formula is C22H17BrN2. The highest BCUT2D eigenvalue weighted by molar-refractivity contribution is 5.91. The van der Waals surface area contributed by atoms with E-state index in [-0.39, 0.29) is 17.0 Å². The molecule has 0 saturated heterocycles. The Hall–Kier alpha value is -2.83. The lowest BCUT2D eigenvalue weighted by molar-refractivity contribution is -0.660. The van der Waals surface area contributed by atoms with Crippen molar-refractivity contribution < 1.29 is 21.5 Å². The van der Waals surface area contributed by atoms with E-state index in [0.717, 1.165) is 16.7 Å². The number of pyridine rings is 1. The van der Waals surface area contributed by atoms with Crippen molar-refractivity contribution in [3.05, 3.63) is 78.1 Å². The number of nitrogens with zero attached hydrogens (tertiary/aromatic N) is 1. The van der Waals surface area contributed by atoms with E-state index >= 15 is 0 Å². The highest BCUT2D eigenvalue weighted by Crippen LogP contribution is 2.20. The molecule has 4 aromatic rings. The summed E-state index contributed by atoms with van der Waals surface area (Å²) in [6, 6.07) is 20.9. The molecule has 0 saturated carbocycles. The number of rotatable bonds is 3. The van der Waals surface area contributed by atoms with Gasteiger partial charge in [-0.2, -0.15) is 4.57 Å². The van der Waals surface area contributed by atoms with E-state index in [1.165, 1.54) is 16.3 Å². The molecular weight excluding hydrogens is 372 g/mol. The van der Waals surface area contributed by atoms with E-state index in [0.29, 0.717) is 6.54 Å². The molecule has 0 atom stereocenters. The van der Waals surface area contributed by atoms with Crippen molar-refractivity contribution in [3.63, 3.8) is 0 Å². The summed E-state index contributed by atoms with van der Waals surface area (Å²) >= 11 is 0. The fourth-order valence-corrected chi connectivity index (χ4v) is 3.10. The monoisotopic (exact) mass is 388 g/mol. The van der Waals surface area contributed by atoms with Crippen LogP contribution in [-0.2, 0) is 6.54 Å². The number of fused-ring (bicyclic) bond motifs is 2. The van der Waals surface area contributed by atoms with Gasteiger partial charge in [-0.3, -0.25) is 0 Å². The number of hydrogen-bond acceptors (Lipinski definition) is 0. The molecule has 0 unspecified atom stereocenters. The fourth-order valence-electron chi connectivity index (χ4n) is 3.10. The summed E-state index contributed by atoms with van der Waals surface area (Å²) in [7, 11) is 0. The van der Waals surface area contributed by atoms with Crippen LogP contribution in [0.25, 0.3) is 34.0 Å². The zero-order chi connectivity index (χ0) is 16.4. The number of halogens is 1. The summed E-state index contributed by atoms with van der Waals surface area (Å²) in [5.74, 6) is 2.76. The summed E-state index contributed by atoms with van der Waals surface area (Å²) in [6.45, 7) is 0.551. The van der Waals surface area contributed by atoms with Gasteiger partial charge in [0.2, 0.25) is 17.8 Å². The van der Waals surface area contributed by atoms with Gasteiger partial charge in [-0.05, 0) is 35.8 Å². The van der Waals surface area contributed by atoms with Crippen molar-refractivity contribution in [2.24, 2.45) is 0 Å². The van der Waals surface area contributed by atoms with Crippen LogP contribution in [0.15, 0.2) is 66.9 Å². The third kappa shape index (κ3) is 3.22. The Morgan fingerprint density at radius 2 is 1.76 bits per heavy atom. The Morgan fingerprint density at radius 1 is 0.960 bits per heavy atom. The summed E-state index contributed by atoms with van der Waals surface area (Å²) in [5.41, 5.74) is 4.56. The van der Waals surface area contributed by atoms with Crippen LogP contribution in [-0.4, -0.2) is 4.98 Å². The van der Waals surface area contributed by atoms with Gasteiger partial charge >= 0.3 is 0 Å². The Labute approximate surface area is 157 Å². The molecule has 3 heteroatoms. The number of hydrogen-bond donors (Lipinski definition) is 1. The van der Waals surface area contributed by atoms with Crippen LogP contribution in [0, 0.1) is 12.3 Å². The van der Waals surface area contributed by atoms with Gasteiger partial charge in [0.25, 0.3) is 0 Å². The molecule has 0 radical (unpaired) electrons. The van der Waals surface area contributed by atoms with E-state index in [9.17, 15) is 0 Å². The average molecular weight is 389 g/mol. The van der Waals surface area contributed by atoms with Gasteiger partial charge in [0.15, 0.2) is 0 Å². The second-order valence-electron chi connectivity index (χ2n) is 5.73. The first-order valence-corrected chi connectivity index (χ1v) is 7.96. The molecule has 0 aliphatic heterocycles. The average Bonchev–Trinajstić information content (AvgIpc) is 3.04. The van der Waals surface area contributed by atoms with Gasteiger partial charge in [0, 0.05) is 40.7 Å². The third-order valence-electron chi connectivity index (χ3n) is 4.28. The Morgan fingerprint density at radius 3 is 2.64 bits per heavy atom. The lowest BCUT2D eigenvalue weighted by Crippen LogP contribution is -3.00. The summed E-state index contributed by atoms with van der Waals surface area (Å²) < 4.78 is 2.17. The first-order chi connectivity index (χ1) is 11.9. The number of H-pyrrole nitrogens is 1. The minimum atomic E-state index is 0. The van der Waals surface area contributed by atoms with Crippen LogP contribution in [0.1, 0.15) is 11.3 Å². The number of aromatic amines is 1. The number of benzene rings is 2. The predicted octanol–water partition coefficient (Wildman–Crippen LogP) is 1.42. The van der Waals surface area contributed by atoms with Crippen molar-refractivity contribution in [1.82, 2.24) is 4.98 Å². The van der Waals surface area contributed by atoms with Crippen LogP contribution in [0.4, 0.5) is 0 Å². The Kier molecular flexibility index (Phi) is 5.02. The Bertz CT molecular complexity index is 1100. The van der Waals surface area contributed by atoms with Crippen molar-refractivity contribution >= 4 is 34.0 Å². The quantitative estimate of drug-likeness (QED) is 0.404. The van der Waals surface area contributed by atoms with Gasteiger partial charge in [-0.15, -0.1) is 6.42 Å². The molecule has 0 amide bonds. The molecule has 2 aromatic carbocycles. The SMILES string of the molecule is C#CC[n+]1c(C=Cc2c[nH]c3ccccc23)ccc2ccccc21.[Br-]. The lowest BCUT2D eigenvalue weighted by atomic mass is 10.1. The topological polar surface area (TPSA) is 19.7 Å². The van der Waals surface area contributed by atoms with Crippen LogP contribution in [0.5, 0.6) is 0 Å². The van der Waals surface area contributed by atoms with Crippen molar-refractivity contribution in [3.8, 4) is 12.3 Å². The highest BCUT2D eigenvalue weighted by Gasteiger charge is 2.12. The normalized spacial score (nSPS) is 10.8. The summed E-state index contributed by atoms with van der Waals surface area (Å²) in [6.07, 6.45) is 11.9. The maximum Gasteiger partial charge on any atom is 0.213 e. The number of aromatic nitrogens is 2. The maximum absolute atomic E-state index is 5.59. The van der Waals surface area contributed by atoms with Crippen LogP contribution >= 0.6 is 0 Å². The molecule has 25 heavy (non-hydrogen) atoms. The smallest absolute Gasteiger partial charge is 0.213 e. The maximum atomic E-state index is 5.59. The number of para-hydroxylation sites is 2. The minimum absolute atomic E-state index is 0. The molecule has 2 heterocycles. The van der Waals surface area contributed by atoms with Gasteiger partial charge in [0.1, 0.15) is 0 Å². The molecule has 4 rings (SSSR count). The lowest BCUT2D eigenvalue weighted by Gasteiger charge is -2.02. The largest absolute Gasteiger partial charge is 1.00 e. The molecule has 0 aliphatic rings. The second kappa shape index (κ2) is 7.38. The zero-order valence-electron chi connectivity index (χ0n) is 13.6. The third-order valence-corrected chi connectivity index (χ3v) is 4.28. The molecule has 2 nitrogen and oxygen atoms in total. The second-order valence-corrected chi connectivity index (χ2v) is 5.73. The molecule has 0 spiro atoms.